The molecule has 34 heavy (non-hydrogen) atoms. The fourth-order valence-corrected chi connectivity index (χ4v) is 7.84. The molecule has 3 fully saturated rings. The van der Waals surface area contributed by atoms with Gasteiger partial charge in [0.2, 0.25) is 5.91 Å². The average molecular weight is 492 g/mol. The van der Waals surface area contributed by atoms with Gasteiger partial charge in [0.1, 0.15) is 12.1 Å². The van der Waals surface area contributed by atoms with Gasteiger partial charge in [-0.25, -0.2) is 4.79 Å². The fourth-order valence-electron chi connectivity index (χ4n) is 7.59. The summed E-state index contributed by atoms with van der Waals surface area (Å²) in [6.07, 6.45) is 9.34. The maximum atomic E-state index is 12.6. The number of fused-ring (bicyclic) bond motifs is 5. The summed E-state index contributed by atoms with van der Waals surface area (Å²) in [6, 6.07) is -1.06. The minimum Gasteiger partial charge on any atom is -0.480 e. The minimum atomic E-state index is -1.15. The second-order valence-corrected chi connectivity index (χ2v) is 11.6. The molecule has 4 aliphatic carbocycles. The lowest BCUT2D eigenvalue weighted by Crippen LogP contribution is -2.51. The minimum absolute atomic E-state index is 0.0118. The molecule has 0 bridgehead atoms. The van der Waals surface area contributed by atoms with Crippen molar-refractivity contribution in [3.05, 3.63) is 11.6 Å². The Balaban J connectivity index is 1.35. The van der Waals surface area contributed by atoms with Gasteiger partial charge in [0.15, 0.2) is 5.78 Å². The summed E-state index contributed by atoms with van der Waals surface area (Å²) in [5.74, 6) is -0.0724. The number of ether oxygens (including phenoxy) is 1. The van der Waals surface area contributed by atoms with Crippen LogP contribution in [0, 0.1) is 28.6 Å². The van der Waals surface area contributed by atoms with E-state index in [1.807, 2.05) is 6.08 Å². The van der Waals surface area contributed by atoms with Crippen LogP contribution in [0.4, 0.5) is 0 Å². The van der Waals surface area contributed by atoms with E-state index in [-0.39, 0.29) is 41.3 Å². The predicted molar refractivity (Wildman–Crippen MR) is 129 cm³/mol. The van der Waals surface area contributed by atoms with Crippen LogP contribution in [0.3, 0.4) is 0 Å². The van der Waals surface area contributed by atoms with Gasteiger partial charge < -0.3 is 15.2 Å². The van der Waals surface area contributed by atoms with Gasteiger partial charge in [-0.3, -0.25) is 14.4 Å². The number of carbonyl (C=O) groups is 4. The topological polar surface area (TPSA) is 110 Å². The zero-order chi connectivity index (χ0) is 24.7. The Morgan fingerprint density at radius 3 is 2.59 bits per heavy atom. The number of allylic oxidation sites excluding steroid dienone is 1. The molecule has 0 aromatic carbocycles. The van der Waals surface area contributed by atoms with Gasteiger partial charge in [-0.15, -0.1) is 0 Å². The van der Waals surface area contributed by atoms with Gasteiger partial charge >= 0.3 is 11.9 Å². The lowest BCUT2D eigenvalue weighted by atomic mass is 9.47. The molecule has 1 amide bonds. The van der Waals surface area contributed by atoms with Crippen molar-refractivity contribution in [2.75, 3.05) is 5.75 Å². The van der Waals surface area contributed by atoms with Crippen molar-refractivity contribution in [3.63, 3.8) is 0 Å². The molecule has 7 atom stereocenters. The van der Waals surface area contributed by atoms with Crippen LogP contribution in [0.5, 0.6) is 0 Å². The summed E-state index contributed by atoms with van der Waals surface area (Å²) in [5, 5.41) is 11.4. The lowest BCUT2D eigenvalue weighted by molar-refractivity contribution is -0.160. The first-order valence-corrected chi connectivity index (χ1v) is 13.3. The summed E-state index contributed by atoms with van der Waals surface area (Å²) >= 11 is 3.93. The normalized spacial score (nSPS) is 37.5. The number of ketones is 1. The Kier molecular flexibility index (Phi) is 7.19. The molecule has 2 N–H and O–H groups in total. The van der Waals surface area contributed by atoms with Crippen molar-refractivity contribution in [2.24, 2.45) is 28.6 Å². The predicted octanol–water partition coefficient (Wildman–Crippen LogP) is 3.71. The highest BCUT2D eigenvalue weighted by Crippen LogP contribution is 2.65. The van der Waals surface area contributed by atoms with Crippen LogP contribution in [0.15, 0.2) is 11.6 Å². The third-order valence-electron chi connectivity index (χ3n) is 9.52. The number of esters is 1. The molecular weight excluding hydrogens is 454 g/mol. The van der Waals surface area contributed by atoms with Gasteiger partial charge in [-0.2, -0.15) is 12.6 Å². The third kappa shape index (κ3) is 4.54. The van der Waals surface area contributed by atoms with Gasteiger partial charge in [-0.05, 0) is 74.2 Å². The first kappa shape index (κ1) is 25.3. The van der Waals surface area contributed by atoms with E-state index in [4.69, 9.17) is 9.84 Å². The molecular formula is C26H37NO6S. The number of amides is 1. The molecule has 0 radical (unpaired) electrons. The van der Waals surface area contributed by atoms with E-state index >= 15 is 0 Å². The molecule has 4 rings (SSSR count). The lowest BCUT2D eigenvalue weighted by Gasteiger charge is -2.57. The van der Waals surface area contributed by atoms with Gasteiger partial charge in [0.05, 0.1) is 6.42 Å². The first-order valence-electron chi connectivity index (χ1n) is 12.6. The molecule has 8 heteroatoms. The Morgan fingerprint density at radius 2 is 1.88 bits per heavy atom. The third-order valence-corrected chi connectivity index (χ3v) is 9.89. The highest BCUT2D eigenvalue weighted by atomic mass is 32.1. The van der Waals surface area contributed by atoms with E-state index in [1.54, 1.807) is 0 Å². The van der Waals surface area contributed by atoms with Crippen molar-refractivity contribution in [1.29, 1.82) is 0 Å². The number of thiol groups is 1. The number of rotatable bonds is 7. The quantitative estimate of drug-likeness (QED) is 0.370. The Labute approximate surface area is 206 Å². The zero-order valence-corrected chi connectivity index (χ0v) is 21.1. The first-order chi connectivity index (χ1) is 16.1. The second kappa shape index (κ2) is 9.67. The SMILES string of the molecule is C[C@@]12CC[C@H]3[C@H](CCC4=CC(=O)CC[C@]43C)[C@@H]1CC[C@@H]2OC(=O)CCC(=O)N[C@@H](CS)C(=O)O. The molecule has 3 saturated carbocycles. The van der Waals surface area contributed by atoms with Crippen LogP contribution in [0.2, 0.25) is 0 Å². The Bertz CT molecular complexity index is 902. The van der Waals surface area contributed by atoms with Crippen LogP contribution in [-0.2, 0) is 23.9 Å². The Morgan fingerprint density at radius 1 is 1.12 bits per heavy atom. The number of hydrogen-bond acceptors (Lipinski definition) is 6. The average Bonchev–Trinajstić information content (AvgIpc) is 3.12. The summed E-state index contributed by atoms with van der Waals surface area (Å²) in [4.78, 5) is 47.7. The largest absolute Gasteiger partial charge is 0.480 e. The van der Waals surface area contributed by atoms with Crippen molar-refractivity contribution in [3.8, 4) is 0 Å². The molecule has 0 aliphatic heterocycles. The summed E-state index contributed by atoms with van der Waals surface area (Å²) in [6.45, 7) is 4.64. The molecule has 0 saturated heterocycles. The monoisotopic (exact) mass is 491 g/mol. The molecule has 0 unspecified atom stereocenters. The van der Waals surface area contributed by atoms with Crippen molar-refractivity contribution in [1.82, 2.24) is 5.32 Å². The van der Waals surface area contributed by atoms with Crippen LogP contribution < -0.4 is 5.32 Å². The molecule has 7 nitrogen and oxygen atoms in total. The summed E-state index contributed by atoms with van der Waals surface area (Å²) in [7, 11) is 0. The number of hydrogen-bond donors (Lipinski definition) is 3. The molecule has 0 spiro atoms. The van der Waals surface area contributed by atoms with E-state index in [9.17, 15) is 19.2 Å². The van der Waals surface area contributed by atoms with Gasteiger partial charge in [0, 0.05) is 24.0 Å². The standard InChI is InChI=1S/C26H37NO6S/c1-25-11-9-16(28)13-15(25)3-4-17-18-5-6-21(26(18,2)12-10-19(17)25)33-23(30)8-7-22(29)27-20(14-34)24(31)32/h13,17-21,34H,3-12,14H2,1-2H3,(H,27,29)(H,31,32)/t17-,18+,19+,20+,21+,25-,26-/m1/s1. The van der Waals surface area contributed by atoms with Crippen LogP contribution in [0.1, 0.15) is 78.1 Å². The number of carboxylic acids is 1. The van der Waals surface area contributed by atoms with Gasteiger partial charge in [0.25, 0.3) is 0 Å². The molecule has 0 aromatic rings. The number of nitrogens with one attached hydrogen (secondary N) is 1. The maximum Gasteiger partial charge on any atom is 0.327 e. The Hall–Kier alpha value is -1.83. The van der Waals surface area contributed by atoms with Crippen molar-refractivity contribution < 1.29 is 29.0 Å². The number of carboxylic acid groups (broad SMARTS) is 1. The highest BCUT2D eigenvalue weighted by Gasteiger charge is 2.59. The van der Waals surface area contributed by atoms with E-state index in [0.717, 1.165) is 44.9 Å². The summed E-state index contributed by atoms with van der Waals surface area (Å²) < 4.78 is 5.93. The smallest absolute Gasteiger partial charge is 0.327 e. The molecule has 4 aliphatic rings. The zero-order valence-electron chi connectivity index (χ0n) is 20.2. The van der Waals surface area contributed by atoms with Crippen molar-refractivity contribution in [2.45, 2.75) is 90.2 Å². The molecule has 0 aromatic heterocycles. The second-order valence-electron chi connectivity index (χ2n) is 11.2. The van der Waals surface area contributed by atoms with E-state index < -0.39 is 23.9 Å². The van der Waals surface area contributed by atoms with Crippen LogP contribution >= 0.6 is 12.6 Å². The summed E-state index contributed by atoms with van der Waals surface area (Å²) in [5.41, 5.74) is 1.43. The van der Waals surface area contributed by atoms with Crippen molar-refractivity contribution >= 4 is 36.3 Å². The highest BCUT2D eigenvalue weighted by molar-refractivity contribution is 7.80. The van der Waals surface area contributed by atoms with Gasteiger partial charge in [-0.1, -0.05) is 19.4 Å². The molecule has 188 valence electrons. The van der Waals surface area contributed by atoms with E-state index in [2.05, 4.69) is 31.8 Å². The van der Waals surface area contributed by atoms with E-state index in [1.165, 1.54) is 5.57 Å². The number of carbonyl (C=O) groups excluding carboxylic acids is 3. The maximum absolute atomic E-state index is 12.6. The molecule has 0 heterocycles. The van der Waals surface area contributed by atoms with Crippen LogP contribution in [0.25, 0.3) is 0 Å². The fraction of sp³-hybridized carbons (Fsp3) is 0.769. The number of aliphatic carboxylic acids is 1. The van der Waals surface area contributed by atoms with E-state index in [0.29, 0.717) is 24.2 Å². The van der Waals surface area contributed by atoms with Crippen LogP contribution in [-0.4, -0.2) is 46.6 Å².